The molecule has 1 saturated carbocycles. The van der Waals surface area contributed by atoms with E-state index < -0.39 is 28.5 Å². The third-order valence-electron chi connectivity index (χ3n) is 7.49. The Morgan fingerprint density at radius 3 is 2.58 bits per heavy atom. The van der Waals surface area contributed by atoms with E-state index in [4.69, 9.17) is 0 Å². The molecule has 0 saturated heterocycles. The van der Waals surface area contributed by atoms with Crippen LogP contribution in [0.15, 0.2) is 29.2 Å². The zero-order chi connectivity index (χ0) is 25.8. The van der Waals surface area contributed by atoms with Crippen molar-refractivity contribution in [1.29, 1.82) is 0 Å². The lowest BCUT2D eigenvalue weighted by atomic mass is 9.80. The summed E-state index contributed by atoms with van der Waals surface area (Å²) in [4.78, 5) is 28.4. The van der Waals surface area contributed by atoms with Crippen molar-refractivity contribution in [3.63, 3.8) is 0 Å². The standard InChI is InChI=1S/C25H27F2N5O3S/c1-4-31-24(35)20-22(34)21(33)17(13-32(20)30(3)25(31)9-7-14(2)8-10-25)23-29-28-19(36-23)11-15-5-6-16(26)12-18(15)27/h5-6,12-14,34H,4,7-11H2,1-3H3/t14-,25-. The minimum absolute atomic E-state index is 0.0736. The van der Waals surface area contributed by atoms with E-state index in [2.05, 4.69) is 17.1 Å². The van der Waals surface area contributed by atoms with Gasteiger partial charge in [-0.05, 0) is 50.2 Å². The monoisotopic (exact) mass is 515 g/mol. The molecule has 190 valence electrons. The number of aromatic nitrogens is 3. The average Bonchev–Trinajstić information content (AvgIpc) is 3.31. The summed E-state index contributed by atoms with van der Waals surface area (Å²) in [6.45, 7) is 4.55. The van der Waals surface area contributed by atoms with Crippen molar-refractivity contribution in [2.45, 2.75) is 51.6 Å². The molecule has 2 aromatic heterocycles. The average molecular weight is 516 g/mol. The van der Waals surface area contributed by atoms with E-state index in [0.29, 0.717) is 17.5 Å². The molecule has 2 aliphatic rings. The first-order valence-electron chi connectivity index (χ1n) is 12.0. The van der Waals surface area contributed by atoms with Gasteiger partial charge < -0.3 is 10.0 Å². The van der Waals surface area contributed by atoms with Crippen LogP contribution < -0.4 is 10.4 Å². The molecule has 0 unspecified atom stereocenters. The second-order valence-electron chi connectivity index (χ2n) is 9.57. The Morgan fingerprint density at radius 1 is 1.19 bits per heavy atom. The van der Waals surface area contributed by atoms with Gasteiger partial charge in [-0.1, -0.05) is 24.3 Å². The van der Waals surface area contributed by atoms with E-state index in [9.17, 15) is 23.5 Å². The molecule has 3 heterocycles. The maximum absolute atomic E-state index is 14.1. The lowest BCUT2D eigenvalue weighted by molar-refractivity contribution is 0.00864. The van der Waals surface area contributed by atoms with Crippen LogP contribution in [-0.2, 0) is 6.42 Å². The Labute approximate surface area is 210 Å². The number of pyridine rings is 1. The quantitative estimate of drug-likeness (QED) is 0.567. The number of carbonyl (C=O) groups is 1. The fraction of sp³-hybridized carbons (Fsp3) is 0.440. The number of amides is 1. The number of halogens is 2. The van der Waals surface area contributed by atoms with E-state index in [1.807, 2.05) is 19.0 Å². The fourth-order valence-corrected chi connectivity index (χ4v) is 6.26. The van der Waals surface area contributed by atoms with E-state index >= 15 is 0 Å². The minimum atomic E-state index is -0.720. The van der Waals surface area contributed by atoms with Crippen molar-refractivity contribution >= 4 is 17.2 Å². The molecule has 1 spiro atoms. The normalized spacial score (nSPS) is 21.8. The summed E-state index contributed by atoms with van der Waals surface area (Å²) < 4.78 is 28.9. The lowest BCUT2D eigenvalue weighted by Crippen LogP contribution is -2.70. The predicted molar refractivity (Wildman–Crippen MR) is 132 cm³/mol. The molecule has 0 atom stereocenters. The number of fused-ring (bicyclic) bond motifs is 1. The van der Waals surface area contributed by atoms with E-state index in [1.54, 1.807) is 9.58 Å². The maximum atomic E-state index is 14.1. The topological polar surface area (TPSA) is 91.6 Å². The third kappa shape index (κ3) is 3.76. The molecule has 1 aliphatic carbocycles. The van der Waals surface area contributed by atoms with Gasteiger partial charge >= 0.3 is 0 Å². The summed E-state index contributed by atoms with van der Waals surface area (Å²) in [5.74, 6) is -1.81. The van der Waals surface area contributed by atoms with Gasteiger partial charge in [0.1, 0.15) is 22.3 Å². The van der Waals surface area contributed by atoms with Gasteiger partial charge in [0.25, 0.3) is 5.91 Å². The van der Waals surface area contributed by atoms with E-state index in [1.165, 1.54) is 18.3 Å². The van der Waals surface area contributed by atoms with Gasteiger partial charge in [0.2, 0.25) is 5.43 Å². The summed E-state index contributed by atoms with van der Waals surface area (Å²) in [5, 5.41) is 21.7. The van der Waals surface area contributed by atoms with Crippen LogP contribution in [0.5, 0.6) is 5.75 Å². The van der Waals surface area contributed by atoms with Crippen LogP contribution in [0.4, 0.5) is 8.78 Å². The molecule has 0 radical (unpaired) electrons. The molecule has 8 nitrogen and oxygen atoms in total. The zero-order valence-corrected chi connectivity index (χ0v) is 21.1. The molecule has 1 amide bonds. The summed E-state index contributed by atoms with van der Waals surface area (Å²) in [6, 6.07) is 3.32. The number of aromatic hydroxyl groups is 1. The highest BCUT2D eigenvalue weighted by Gasteiger charge is 2.50. The highest BCUT2D eigenvalue weighted by atomic mass is 32.1. The lowest BCUT2D eigenvalue weighted by Gasteiger charge is -2.56. The van der Waals surface area contributed by atoms with Gasteiger partial charge in [-0.3, -0.25) is 19.3 Å². The van der Waals surface area contributed by atoms with Crippen molar-refractivity contribution in [2.75, 3.05) is 18.6 Å². The molecule has 11 heteroatoms. The highest BCUT2D eigenvalue weighted by Crippen LogP contribution is 2.42. The number of nitrogens with zero attached hydrogens (tertiary/aromatic N) is 5. The number of rotatable bonds is 4. The van der Waals surface area contributed by atoms with Crippen LogP contribution in [0.1, 0.15) is 60.6 Å². The molecule has 0 bridgehead atoms. The minimum Gasteiger partial charge on any atom is -0.502 e. The largest absolute Gasteiger partial charge is 0.502 e. The Morgan fingerprint density at radius 2 is 1.92 bits per heavy atom. The SMILES string of the molecule is CCN1C(=O)c2c(O)c(=O)c(-c3nnc(Cc4ccc(F)cc4F)s3)cn2N(C)[C@]12CC[C@@H](C)CC2. The molecule has 36 heavy (non-hydrogen) atoms. The van der Waals surface area contributed by atoms with Crippen LogP contribution in [0.25, 0.3) is 10.6 Å². The van der Waals surface area contributed by atoms with Crippen LogP contribution >= 0.6 is 11.3 Å². The molecular formula is C25H27F2N5O3S. The molecule has 5 rings (SSSR count). The molecule has 3 aromatic rings. The van der Waals surface area contributed by atoms with Crippen molar-refractivity contribution in [2.24, 2.45) is 5.92 Å². The van der Waals surface area contributed by atoms with Crippen molar-refractivity contribution in [3.8, 4) is 16.3 Å². The second kappa shape index (κ2) is 8.95. The van der Waals surface area contributed by atoms with Crippen molar-refractivity contribution in [1.82, 2.24) is 19.8 Å². The number of hydrogen-bond donors (Lipinski definition) is 1. The molecular weight excluding hydrogens is 488 g/mol. The second-order valence-corrected chi connectivity index (χ2v) is 10.6. The first-order chi connectivity index (χ1) is 17.2. The Balaban J connectivity index is 1.56. The van der Waals surface area contributed by atoms with E-state index in [0.717, 1.165) is 43.1 Å². The number of hydrogen-bond acceptors (Lipinski definition) is 7. The Kier molecular flexibility index (Phi) is 6.06. The third-order valence-corrected chi connectivity index (χ3v) is 8.44. The van der Waals surface area contributed by atoms with Crippen molar-refractivity contribution < 1.29 is 18.7 Å². The van der Waals surface area contributed by atoms with Crippen LogP contribution in [0, 0.1) is 17.6 Å². The first-order valence-corrected chi connectivity index (χ1v) is 12.8. The molecule has 1 N–H and O–H groups in total. The number of carbonyl (C=O) groups excluding carboxylic acids is 1. The van der Waals surface area contributed by atoms with Gasteiger partial charge in [-0.25, -0.2) is 8.78 Å². The van der Waals surface area contributed by atoms with Crippen molar-refractivity contribution in [3.05, 3.63) is 62.5 Å². The molecule has 1 aliphatic heterocycles. The van der Waals surface area contributed by atoms with Gasteiger partial charge in [-0.2, -0.15) is 0 Å². The van der Waals surface area contributed by atoms with Gasteiger partial charge in [-0.15, -0.1) is 10.2 Å². The van der Waals surface area contributed by atoms with E-state index in [-0.39, 0.29) is 34.2 Å². The summed E-state index contributed by atoms with van der Waals surface area (Å²) in [5.41, 5.74) is -0.999. The fourth-order valence-electron chi connectivity index (χ4n) is 5.39. The predicted octanol–water partition coefficient (Wildman–Crippen LogP) is 3.89. The van der Waals surface area contributed by atoms with Gasteiger partial charge in [0, 0.05) is 32.3 Å². The van der Waals surface area contributed by atoms with Crippen LogP contribution in [-0.4, -0.2) is 50.0 Å². The van der Waals surface area contributed by atoms with Crippen LogP contribution in [0.2, 0.25) is 0 Å². The maximum Gasteiger partial charge on any atom is 0.278 e. The zero-order valence-electron chi connectivity index (χ0n) is 20.3. The van der Waals surface area contributed by atoms with Gasteiger partial charge in [0.05, 0.1) is 5.56 Å². The first kappa shape index (κ1) is 24.4. The number of benzene rings is 1. The summed E-state index contributed by atoms with van der Waals surface area (Å²) >= 11 is 1.08. The molecule has 1 fully saturated rings. The summed E-state index contributed by atoms with van der Waals surface area (Å²) in [7, 11) is 1.87. The Bertz CT molecular complexity index is 1400. The Hall–Kier alpha value is -3.34. The van der Waals surface area contributed by atoms with Crippen LogP contribution in [0.3, 0.4) is 0 Å². The summed E-state index contributed by atoms with van der Waals surface area (Å²) in [6.07, 6.45) is 5.08. The molecule has 1 aromatic carbocycles. The smallest absolute Gasteiger partial charge is 0.278 e. The van der Waals surface area contributed by atoms with Gasteiger partial charge in [0.15, 0.2) is 16.5 Å². The highest BCUT2D eigenvalue weighted by molar-refractivity contribution is 7.14.